The van der Waals surface area contributed by atoms with Gasteiger partial charge in [-0.2, -0.15) is 0 Å². The van der Waals surface area contributed by atoms with Crippen LogP contribution in [0.5, 0.6) is 11.5 Å². The van der Waals surface area contributed by atoms with E-state index in [0.717, 1.165) is 6.54 Å². The standard InChI is InChI=1S/C14H17ClN2O4/c15-10-6-12-13(21-4-3-20-12)7-11(10)17-14(18)5-9-8-19-2-1-16-9/h6-7,9,16H,1-5,8H2,(H,17,18). The monoisotopic (exact) mass is 312 g/mol. The van der Waals surface area contributed by atoms with Crippen LogP contribution >= 0.6 is 11.6 Å². The highest BCUT2D eigenvalue weighted by molar-refractivity contribution is 6.34. The third kappa shape index (κ3) is 3.58. The Bertz CT molecular complexity index is 532. The number of hydrogen-bond acceptors (Lipinski definition) is 5. The summed E-state index contributed by atoms with van der Waals surface area (Å²) in [5, 5.41) is 6.47. The van der Waals surface area contributed by atoms with Crippen molar-refractivity contribution in [3.05, 3.63) is 17.2 Å². The zero-order valence-corrected chi connectivity index (χ0v) is 12.2. The summed E-state index contributed by atoms with van der Waals surface area (Å²) in [5.74, 6) is 1.09. The summed E-state index contributed by atoms with van der Waals surface area (Å²) in [6.07, 6.45) is 0.338. The van der Waals surface area contributed by atoms with Gasteiger partial charge in [-0.3, -0.25) is 4.79 Å². The number of ether oxygens (including phenoxy) is 3. The highest BCUT2D eigenvalue weighted by Gasteiger charge is 2.19. The smallest absolute Gasteiger partial charge is 0.226 e. The molecule has 1 aromatic rings. The Morgan fingerprint density at radius 1 is 1.29 bits per heavy atom. The second kappa shape index (κ2) is 6.51. The maximum absolute atomic E-state index is 12.1. The van der Waals surface area contributed by atoms with Gasteiger partial charge in [0.1, 0.15) is 13.2 Å². The van der Waals surface area contributed by atoms with E-state index in [0.29, 0.717) is 55.1 Å². The number of hydrogen-bond donors (Lipinski definition) is 2. The summed E-state index contributed by atoms with van der Waals surface area (Å²) in [7, 11) is 0. The van der Waals surface area contributed by atoms with E-state index in [4.69, 9.17) is 25.8 Å². The Morgan fingerprint density at radius 2 is 2.05 bits per heavy atom. The average Bonchev–Trinajstić information content (AvgIpc) is 2.49. The van der Waals surface area contributed by atoms with E-state index < -0.39 is 0 Å². The van der Waals surface area contributed by atoms with Crippen LogP contribution < -0.4 is 20.1 Å². The van der Waals surface area contributed by atoms with Gasteiger partial charge in [-0.15, -0.1) is 0 Å². The summed E-state index contributed by atoms with van der Waals surface area (Å²) in [6.45, 7) is 2.99. The number of carbonyl (C=O) groups excluding carboxylic acids is 1. The van der Waals surface area contributed by atoms with Gasteiger partial charge >= 0.3 is 0 Å². The molecule has 0 aliphatic carbocycles. The van der Waals surface area contributed by atoms with E-state index in [9.17, 15) is 4.79 Å². The first-order valence-corrected chi connectivity index (χ1v) is 7.30. The van der Waals surface area contributed by atoms with Crippen molar-refractivity contribution in [1.82, 2.24) is 5.32 Å². The summed E-state index contributed by atoms with van der Waals surface area (Å²) in [6, 6.07) is 3.39. The molecule has 0 aromatic heterocycles. The van der Waals surface area contributed by atoms with Crippen LogP contribution in [-0.4, -0.2) is 44.9 Å². The van der Waals surface area contributed by atoms with E-state index in [1.807, 2.05) is 0 Å². The molecule has 1 unspecified atom stereocenters. The molecule has 6 nitrogen and oxygen atoms in total. The average molecular weight is 313 g/mol. The molecule has 2 N–H and O–H groups in total. The van der Waals surface area contributed by atoms with Gasteiger partial charge in [-0.25, -0.2) is 0 Å². The number of nitrogens with one attached hydrogen (secondary N) is 2. The summed E-state index contributed by atoms with van der Waals surface area (Å²) in [5.41, 5.74) is 0.530. The van der Waals surface area contributed by atoms with E-state index >= 15 is 0 Å². The Kier molecular flexibility index (Phi) is 4.48. The van der Waals surface area contributed by atoms with Crippen LogP contribution in [0.1, 0.15) is 6.42 Å². The van der Waals surface area contributed by atoms with E-state index in [1.165, 1.54) is 0 Å². The lowest BCUT2D eigenvalue weighted by Gasteiger charge is -2.23. The second-order valence-corrected chi connectivity index (χ2v) is 5.36. The summed E-state index contributed by atoms with van der Waals surface area (Å²) >= 11 is 6.16. The van der Waals surface area contributed by atoms with Crippen molar-refractivity contribution in [2.75, 3.05) is 38.3 Å². The quantitative estimate of drug-likeness (QED) is 0.883. The number of fused-ring (bicyclic) bond motifs is 1. The van der Waals surface area contributed by atoms with Crippen LogP contribution in [0.4, 0.5) is 5.69 Å². The molecule has 1 fully saturated rings. The number of amides is 1. The van der Waals surface area contributed by atoms with Gasteiger partial charge in [0, 0.05) is 31.1 Å². The molecular weight excluding hydrogens is 296 g/mol. The van der Waals surface area contributed by atoms with Gasteiger partial charge in [0.05, 0.1) is 23.9 Å². The Morgan fingerprint density at radius 3 is 2.76 bits per heavy atom. The van der Waals surface area contributed by atoms with Gasteiger partial charge in [0.2, 0.25) is 5.91 Å². The van der Waals surface area contributed by atoms with Crippen LogP contribution in [0.2, 0.25) is 5.02 Å². The predicted molar refractivity (Wildman–Crippen MR) is 78.3 cm³/mol. The van der Waals surface area contributed by atoms with Crippen LogP contribution in [-0.2, 0) is 9.53 Å². The fourth-order valence-corrected chi connectivity index (χ4v) is 2.54. The minimum atomic E-state index is -0.114. The molecule has 1 aromatic carbocycles. The van der Waals surface area contributed by atoms with Crippen molar-refractivity contribution in [1.29, 1.82) is 0 Å². The summed E-state index contributed by atoms with van der Waals surface area (Å²) in [4.78, 5) is 12.1. The van der Waals surface area contributed by atoms with Crippen molar-refractivity contribution in [2.24, 2.45) is 0 Å². The molecular formula is C14H17ClN2O4. The number of benzene rings is 1. The van der Waals surface area contributed by atoms with E-state index in [-0.39, 0.29) is 11.9 Å². The molecule has 7 heteroatoms. The van der Waals surface area contributed by atoms with Gasteiger partial charge in [0.25, 0.3) is 0 Å². The van der Waals surface area contributed by atoms with E-state index in [2.05, 4.69) is 10.6 Å². The number of halogens is 1. The lowest BCUT2D eigenvalue weighted by Crippen LogP contribution is -2.43. The first kappa shape index (κ1) is 14.4. The van der Waals surface area contributed by atoms with Crippen molar-refractivity contribution in [2.45, 2.75) is 12.5 Å². The van der Waals surface area contributed by atoms with Gasteiger partial charge in [-0.1, -0.05) is 11.6 Å². The normalized spacial score (nSPS) is 20.9. The van der Waals surface area contributed by atoms with Crippen LogP contribution in [0.15, 0.2) is 12.1 Å². The first-order chi connectivity index (χ1) is 10.2. The highest BCUT2D eigenvalue weighted by Crippen LogP contribution is 2.37. The third-order valence-corrected chi connectivity index (χ3v) is 3.65. The fourth-order valence-electron chi connectivity index (χ4n) is 2.34. The van der Waals surface area contributed by atoms with Gasteiger partial charge in [0.15, 0.2) is 11.5 Å². The minimum absolute atomic E-state index is 0.0368. The third-order valence-electron chi connectivity index (χ3n) is 3.34. The van der Waals surface area contributed by atoms with Crippen LogP contribution in [0.3, 0.4) is 0 Å². The number of rotatable bonds is 3. The Labute approximate surface area is 127 Å². The lowest BCUT2D eigenvalue weighted by atomic mass is 10.2. The molecule has 0 saturated carbocycles. The second-order valence-electron chi connectivity index (χ2n) is 4.95. The topological polar surface area (TPSA) is 68.8 Å². The van der Waals surface area contributed by atoms with Crippen LogP contribution in [0.25, 0.3) is 0 Å². The van der Waals surface area contributed by atoms with Crippen molar-refractivity contribution < 1.29 is 19.0 Å². The maximum Gasteiger partial charge on any atom is 0.226 e. The maximum atomic E-state index is 12.1. The largest absolute Gasteiger partial charge is 0.486 e. The zero-order chi connectivity index (χ0) is 14.7. The van der Waals surface area contributed by atoms with Crippen LogP contribution in [0, 0.1) is 0 Å². The molecule has 114 valence electrons. The van der Waals surface area contributed by atoms with Crippen molar-refractivity contribution in [3.8, 4) is 11.5 Å². The minimum Gasteiger partial charge on any atom is -0.486 e. The Hall–Kier alpha value is -1.50. The molecule has 21 heavy (non-hydrogen) atoms. The SMILES string of the molecule is O=C(CC1COCCN1)Nc1cc2c(cc1Cl)OCCO2. The van der Waals surface area contributed by atoms with Gasteiger partial charge < -0.3 is 24.8 Å². The molecule has 0 bridgehead atoms. The number of carbonyl (C=O) groups is 1. The Balaban J connectivity index is 1.65. The lowest BCUT2D eigenvalue weighted by molar-refractivity contribution is -0.117. The molecule has 2 heterocycles. The fraction of sp³-hybridized carbons (Fsp3) is 0.500. The van der Waals surface area contributed by atoms with E-state index in [1.54, 1.807) is 12.1 Å². The first-order valence-electron chi connectivity index (χ1n) is 6.92. The van der Waals surface area contributed by atoms with Gasteiger partial charge in [-0.05, 0) is 0 Å². The van der Waals surface area contributed by atoms with Crippen molar-refractivity contribution >= 4 is 23.2 Å². The predicted octanol–water partition coefficient (Wildman–Crippen LogP) is 1.43. The highest BCUT2D eigenvalue weighted by atomic mass is 35.5. The molecule has 0 spiro atoms. The van der Waals surface area contributed by atoms with Crippen molar-refractivity contribution in [3.63, 3.8) is 0 Å². The summed E-state index contributed by atoms with van der Waals surface area (Å²) < 4.78 is 16.2. The number of anilines is 1. The molecule has 3 rings (SSSR count). The molecule has 2 aliphatic rings. The molecule has 1 atom stereocenters. The zero-order valence-electron chi connectivity index (χ0n) is 11.5. The molecule has 1 saturated heterocycles. The molecule has 2 aliphatic heterocycles. The molecule has 1 amide bonds. The number of morpholine rings is 1. The molecule has 0 radical (unpaired) electrons.